The van der Waals surface area contributed by atoms with E-state index in [1.165, 1.54) is 0 Å². The monoisotopic (exact) mass is 335 g/mol. The molecule has 0 fully saturated rings. The number of rotatable bonds is 3. The van der Waals surface area contributed by atoms with Gasteiger partial charge in [0.1, 0.15) is 0 Å². The lowest BCUT2D eigenvalue weighted by Crippen LogP contribution is -2.37. The van der Waals surface area contributed by atoms with Gasteiger partial charge in [-0.15, -0.1) is 0 Å². The second kappa shape index (κ2) is 6.05. The van der Waals surface area contributed by atoms with Gasteiger partial charge < -0.3 is 10.1 Å². The maximum atomic E-state index is 12.5. The van der Waals surface area contributed by atoms with Gasteiger partial charge in [0.05, 0.1) is 17.3 Å². The first-order chi connectivity index (χ1) is 12.2. The number of nitrogens with one attached hydrogen (secondary N) is 1. The van der Waals surface area contributed by atoms with Gasteiger partial charge in [0.25, 0.3) is 5.91 Å². The molecule has 6 heteroatoms. The third kappa shape index (κ3) is 2.76. The SMILES string of the molecule is CCn1ncc2ccc(NC(=O)[C@@H]3Cc4ccccc4C(=O)O3)cc21. The normalized spacial score (nSPS) is 16.4. The number of hydrogen-bond donors (Lipinski definition) is 1. The smallest absolute Gasteiger partial charge is 0.339 e. The lowest BCUT2D eigenvalue weighted by atomic mass is 9.98. The summed E-state index contributed by atoms with van der Waals surface area (Å²) in [6.45, 7) is 2.76. The van der Waals surface area contributed by atoms with Gasteiger partial charge in [-0.2, -0.15) is 5.10 Å². The van der Waals surface area contributed by atoms with Crippen molar-refractivity contribution in [1.29, 1.82) is 0 Å². The summed E-state index contributed by atoms with van der Waals surface area (Å²) >= 11 is 0. The van der Waals surface area contributed by atoms with Crippen molar-refractivity contribution in [3.05, 3.63) is 59.8 Å². The molecule has 0 saturated carbocycles. The Hall–Kier alpha value is -3.15. The minimum atomic E-state index is -0.825. The van der Waals surface area contributed by atoms with Crippen LogP contribution in [-0.4, -0.2) is 27.8 Å². The Bertz CT molecular complexity index is 977. The highest BCUT2D eigenvalue weighted by Gasteiger charge is 2.31. The van der Waals surface area contributed by atoms with Gasteiger partial charge in [0.15, 0.2) is 6.10 Å². The average molecular weight is 335 g/mol. The van der Waals surface area contributed by atoms with Crippen LogP contribution in [0.25, 0.3) is 10.9 Å². The number of fused-ring (bicyclic) bond motifs is 2. The molecule has 0 spiro atoms. The molecular formula is C19H17N3O3. The highest BCUT2D eigenvalue weighted by Crippen LogP contribution is 2.23. The Balaban J connectivity index is 1.55. The van der Waals surface area contributed by atoms with E-state index in [1.807, 2.05) is 41.9 Å². The van der Waals surface area contributed by atoms with Gasteiger partial charge in [0.2, 0.25) is 0 Å². The van der Waals surface area contributed by atoms with Crippen LogP contribution in [0.3, 0.4) is 0 Å². The summed E-state index contributed by atoms with van der Waals surface area (Å²) in [5.41, 5.74) is 2.96. The number of benzene rings is 2. The van der Waals surface area contributed by atoms with Crippen LogP contribution in [0.2, 0.25) is 0 Å². The van der Waals surface area contributed by atoms with E-state index >= 15 is 0 Å². The Morgan fingerprint density at radius 1 is 1.32 bits per heavy atom. The summed E-state index contributed by atoms with van der Waals surface area (Å²) in [5.74, 6) is -0.786. The Morgan fingerprint density at radius 3 is 3.00 bits per heavy atom. The molecule has 0 bridgehead atoms. The van der Waals surface area contributed by atoms with Crippen LogP contribution in [-0.2, 0) is 22.5 Å². The molecule has 0 aliphatic carbocycles. The van der Waals surface area contributed by atoms with E-state index < -0.39 is 12.1 Å². The van der Waals surface area contributed by atoms with Crippen molar-refractivity contribution < 1.29 is 14.3 Å². The summed E-state index contributed by atoms with van der Waals surface area (Å²) in [7, 11) is 0. The number of aromatic nitrogens is 2. The number of carbonyl (C=O) groups excluding carboxylic acids is 2. The Labute approximate surface area is 144 Å². The molecule has 1 atom stereocenters. The summed E-state index contributed by atoms with van der Waals surface area (Å²) in [4.78, 5) is 24.6. The number of aryl methyl sites for hydroxylation is 1. The minimum absolute atomic E-state index is 0.329. The Morgan fingerprint density at radius 2 is 2.16 bits per heavy atom. The van der Waals surface area contributed by atoms with E-state index in [9.17, 15) is 9.59 Å². The number of carbonyl (C=O) groups is 2. The number of hydrogen-bond acceptors (Lipinski definition) is 4. The Kier molecular flexibility index (Phi) is 3.72. The zero-order chi connectivity index (χ0) is 17.4. The molecule has 0 saturated heterocycles. The molecule has 126 valence electrons. The molecular weight excluding hydrogens is 318 g/mol. The maximum absolute atomic E-state index is 12.5. The second-order valence-electron chi connectivity index (χ2n) is 5.98. The van der Waals surface area contributed by atoms with Crippen LogP contribution in [0.1, 0.15) is 22.8 Å². The number of esters is 1. The lowest BCUT2D eigenvalue weighted by Gasteiger charge is -2.23. The number of anilines is 1. The largest absolute Gasteiger partial charge is 0.448 e. The quantitative estimate of drug-likeness (QED) is 0.747. The molecule has 6 nitrogen and oxygen atoms in total. The fourth-order valence-electron chi connectivity index (χ4n) is 3.10. The van der Waals surface area contributed by atoms with Crippen LogP contribution in [0.5, 0.6) is 0 Å². The summed E-state index contributed by atoms with van der Waals surface area (Å²) in [6, 6.07) is 12.8. The first-order valence-corrected chi connectivity index (χ1v) is 8.21. The zero-order valence-corrected chi connectivity index (χ0v) is 13.7. The minimum Gasteiger partial charge on any atom is -0.448 e. The van der Waals surface area contributed by atoms with E-state index in [0.29, 0.717) is 17.7 Å². The van der Waals surface area contributed by atoms with Crippen LogP contribution >= 0.6 is 0 Å². The van der Waals surface area contributed by atoms with Gasteiger partial charge in [-0.05, 0) is 36.8 Å². The van der Waals surface area contributed by atoms with Crippen LogP contribution in [0.4, 0.5) is 5.69 Å². The third-order valence-corrected chi connectivity index (χ3v) is 4.40. The van der Waals surface area contributed by atoms with Gasteiger partial charge in [0, 0.05) is 24.0 Å². The summed E-state index contributed by atoms with van der Waals surface area (Å²) in [5, 5.41) is 8.14. The predicted octanol–water partition coefficient (Wildman–Crippen LogP) is 2.78. The standard InChI is InChI=1S/C19H17N3O3/c1-2-22-16-10-14(8-7-13(16)11-20-22)21-18(23)17-9-12-5-3-4-6-15(12)19(24)25-17/h3-8,10-11,17H,2,9H2,1H3,(H,21,23)/t17-/m0/s1. The van der Waals surface area contributed by atoms with Crippen molar-refractivity contribution in [1.82, 2.24) is 9.78 Å². The van der Waals surface area contributed by atoms with E-state index in [1.54, 1.807) is 18.3 Å². The fourth-order valence-corrected chi connectivity index (χ4v) is 3.10. The van der Waals surface area contributed by atoms with Crippen molar-refractivity contribution in [3.8, 4) is 0 Å². The van der Waals surface area contributed by atoms with Crippen molar-refractivity contribution in [2.24, 2.45) is 0 Å². The van der Waals surface area contributed by atoms with Crippen molar-refractivity contribution >= 4 is 28.5 Å². The number of nitrogens with zero attached hydrogens (tertiary/aromatic N) is 2. The molecule has 1 amide bonds. The molecule has 0 radical (unpaired) electrons. The predicted molar refractivity (Wildman–Crippen MR) is 93.4 cm³/mol. The van der Waals surface area contributed by atoms with Gasteiger partial charge in [-0.25, -0.2) is 4.79 Å². The van der Waals surface area contributed by atoms with E-state index in [4.69, 9.17) is 4.74 Å². The van der Waals surface area contributed by atoms with Crippen LogP contribution in [0.15, 0.2) is 48.7 Å². The van der Waals surface area contributed by atoms with E-state index in [-0.39, 0.29) is 5.91 Å². The van der Waals surface area contributed by atoms with Gasteiger partial charge >= 0.3 is 5.97 Å². The third-order valence-electron chi connectivity index (χ3n) is 4.40. The molecule has 1 aromatic heterocycles. The maximum Gasteiger partial charge on any atom is 0.339 e. The molecule has 2 heterocycles. The number of amides is 1. The molecule has 25 heavy (non-hydrogen) atoms. The van der Waals surface area contributed by atoms with Gasteiger partial charge in [-0.3, -0.25) is 9.48 Å². The average Bonchev–Trinajstić information content (AvgIpc) is 3.04. The molecule has 0 unspecified atom stereocenters. The van der Waals surface area contributed by atoms with Crippen molar-refractivity contribution in [2.75, 3.05) is 5.32 Å². The highest BCUT2D eigenvalue weighted by molar-refractivity contribution is 6.00. The zero-order valence-electron chi connectivity index (χ0n) is 13.7. The van der Waals surface area contributed by atoms with Crippen LogP contribution < -0.4 is 5.32 Å². The number of cyclic esters (lactones) is 1. The molecule has 4 rings (SSSR count). The molecule has 1 aliphatic rings. The fraction of sp³-hybridized carbons (Fsp3) is 0.211. The van der Waals surface area contributed by atoms with E-state index in [0.717, 1.165) is 23.0 Å². The second-order valence-corrected chi connectivity index (χ2v) is 5.98. The van der Waals surface area contributed by atoms with Crippen molar-refractivity contribution in [3.63, 3.8) is 0 Å². The summed E-state index contributed by atoms with van der Waals surface area (Å²) < 4.78 is 7.16. The van der Waals surface area contributed by atoms with E-state index in [2.05, 4.69) is 10.4 Å². The first-order valence-electron chi connectivity index (χ1n) is 8.21. The molecule has 3 aromatic rings. The highest BCUT2D eigenvalue weighted by atomic mass is 16.5. The molecule has 1 N–H and O–H groups in total. The molecule has 2 aromatic carbocycles. The molecule has 1 aliphatic heterocycles. The topological polar surface area (TPSA) is 73.2 Å². The van der Waals surface area contributed by atoms with Gasteiger partial charge in [-0.1, -0.05) is 18.2 Å². The van der Waals surface area contributed by atoms with Crippen LogP contribution in [0, 0.1) is 0 Å². The number of ether oxygens (including phenoxy) is 1. The first kappa shape index (κ1) is 15.4. The lowest BCUT2D eigenvalue weighted by molar-refractivity contribution is -0.125. The van der Waals surface area contributed by atoms with Crippen molar-refractivity contribution in [2.45, 2.75) is 26.0 Å². The summed E-state index contributed by atoms with van der Waals surface area (Å²) in [6.07, 6.45) is 1.35.